The maximum atomic E-state index is 11.8. The summed E-state index contributed by atoms with van der Waals surface area (Å²) >= 11 is 0. The number of ether oxygens (including phenoxy) is 1. The number of nitrogens with one attached hydrogen (secondary N) is 2. The van der Waals surface area contributed by atoms with Crippen LogP contribution in [0.4, 0.5) is 21.0 Å². The molecule has 7 nitrogen and oxygen atoms in total. The van der Waals surface area contributed by atoms with Crippen molar-refractivity contribution in [3.63, 3.8) is 0 Å². The van der Waals surface area contributed by atoms with E-state index < -0.39 is 6.09 Å². The van der Waals surface area contributed by atoms with Crippen molar-refractivity contribution in [1.29, 1.82) is 0 Å². The number of amides is 3. The van der Waals surface area contributed by atoms with Gasteiger partial charge in [0.2, 0.25) is 0 Å². The van der Waals surface area contributed by atoms with Crippen molar-refractivity contribution >= 4 is 29.3 Å². The number of carbonyl (C=O) groups is 2. The minimum Gasteiger partial charge on any atom is -0.453 e. The van der Waals surface area contributed by atoms with E-state index in [-0.39, 0.29) is 6.03 Å². The summed E-state index contributed by atoms with van der Waals surface area (Å²) in [5.74, 6) is 0.646. The van der Waals surface area contributed by atoms with Crippen molar-refractivity contribution in [2.45, 2.75) is 0 Å². The predicted molar refractivity (Wildman–Crippen MR) is 69.6 cm³/mol. The summed E-state index contributed by atoms with van der Waals surface area (Å²) in [6, 6.07) is 5.03. The number of carbonyl (C=O) groups excluding carboxylic acids is 2. The third kappa shape index (κ3) is 1.88. The molecule has 0 fully saturated rings. The first-order valence-electron chi connectivity index (χ1n) is 5.81. The number of rotatable bonds is 1. The van der Waals surface area contributed by atoms with Gasteiger partial charge in [-0.2, -0.15) is 0 Å². The van der Waals surface area contributed by atoms with E-state index in [2.05, 4.69) is 20.4 Å². The van der Waals surface area contributed by atoms with Gasteiger partial charge in [0.1, 0.15) is 5.84 Å². The molecule has 2 heterocycles. The van der Waals surface area contributed by atoms with Crippen LogP contribution in [0.2, 0.25) is 0 Å². The van der Waals surface area contributed by atoms with Crippen LogP contribution in [0.1, 0.15) is 5.56 Å². The second-order valence-electron chi connectivity index (χ2n) is 4.16. The van der Waals surface area contributed by atoms with Crippen molar-refractivity contribution in [2.75, 3.05) is 30.8 Å². The van der Waals surface area contributed by atoms with E-state index in [4.69, 9.17) is 0 Å². The number of hydrogen-bond acceptors (Lipinski definition) is 4. The van der Waals surface area contributed by atoms with Gasteiger partial charge in [-0.1, -0.05) is 0 Å². The summed E-state index contributed by atoms with van der Waals surface area (Å²) in [5, 5.41) is 5.37. The SMILES string of the molecule is COC(=O)Nc1ccc2c(c1)C1=NCCN1C(=O)N2. The lowest BCUT2D eigenvalue weighted by atomic mass is 10.1. The van der Waals surface area contributed by atoms with Crippen LogP contribution < -0.4 is 10.6 Å². The number of urea groups is 1. The fraction of sp³-hybridized carbons (Fsp3) is 0.250. The number of hydrogen-bond donors (Lipinski definition) is 2. The summed E-state index contributed by atoms with van der Waals surface area (Å²) in [7, 11) is 1.30. The number of aliphatic imine (C=N–C) groups is 1. The molecule has 0 saturated heterocycles. The molecular formula is C12H12N4O3. The Balaban J connectivity index is 1.98. The molecule has 0 aromatic heterocycles. The van der Waals surface area contributed by atoms with E-state index in [1.54, 1.807) is 23.1 Å². The Bertz CT molecular complexity index is 597. The number of methoxy groups -OCH3 is 1. The average molecular weight is 260 g/mol. The van der Waals surface area contributed by atoms with Gasteiger partial charge < -0.3 is 10.1 Å². The normalized spacial score (nSPS) is 16.2. The third-order valence-corrected chi connectivity index (χ3v) is 3.02. The molecule has 98 valence electrons. The minimum atomic E-state index is -0.537. The van der Waals surface area contributed by atoms with Crippen LogP contribution in [0.15, 0.2) is 23.2 Å². The highest BCUT2D eigenvalue weighted by molar-refractivity contribution is 6.19. The van der Waals surface area contributed by atoms with Crippen LogP contribution in [0.5, 0.6) is 0 Å². The number of anilines is 2. The number of benzene rings is 1. The Hall–Kier alpha value is -2.57. The Kier molecular flexibility index (Phi) is 2.59. The lowest BCUT2D eigenvalue weighted by Crippen LogP contribution is -2.42. The number of amidine groups is 1. The van der Waals surface area contributed by atoms with E-state index in [1.807, 2.05) is 0 Å². The van der Waals surface area contributed by atoms with Crippen LogP contribution in [0.3, 0.4) is 0 Å². The molecule has 0 atom stereocenters. The highest BCUT2D eigenvalue weighted by Gasteiger charge is 2.31. The predicted octanol–water partition coefficient (Wildman–Crippen LogP) is 1.47. The van der Waals surface area contributed by atoms with E-state index in [9.17, 15) is 9.59 Å². The summed E-state index contributed by atoms with van der Waals surface area (Å²) in [6.45, 7) is 1.17. The molecule has 2 aliphatic heterocycles. The lowest BCUT2D eigenvalue weighted by Gasteiger charge is -2.26. The van der Waals surface area contributed by atoms with Gasteiger partial charge in [-0.3, -0.25) is 15.2 Å². The zero-order chi connectivity index (χ0) is 13.4. The van der Waals surface area contributed by atoms with Crippen molar-refractivity contribution in [1.82, 2.24) is 4.90 Å². The standard InChI is InChI=1S/C12H12N4O3/c1-19-12(18)14-7-2-3-9-8(6-7)10-13-4-5-16(10)11(17)15-9/h2-3,6H,4-5H2,1H3,(H,14,18)(H,15,17). The van der Waals surface area contributed by atoms with Crippen LogP contribution in [-0.4, -0.2) is 43.1 Å². The molecular weight excluding hydrogens is 248 g/mol. The summed E-state index contributed by atoms with van der Waals surface area (Å²) in [6.07, 6.45) is -0.537. The van der Waals surface area contributed by atoms with Gasteiger partial charge >= 0.3 is 12.1 Å². The molecule has 0 aliphatic carbocycles. The van der Waals surface area contributed by atoms with Crippen LogP contribution in [0.25, 0.3) is 0 Å². The Labute approximate surface area is 109 Å². The van der Waals surface area contributed by atoms with Crippen LogP contribution in [-0.2, 0) is 4.74 Å². The molecule has 7 heteroatoms. The lowest BCUT2D eigenvalue weighted by molar-refractivity contribution is 0.187. The summed E-state index contributed by atoms with van der Waals surface area (Å²) in [5.41, 5.74) is 2.08. The monoisotopic (exact) mass is 260 g/mol. The first kappa shape index (κ1) is 11.5. The van der Waals surface area contributed by atoms with Gasteiger partial charge in [0, 0.05) is 17.8 Å². The smallest absolute Gasteiger partial charge is 0.411 e. The zero-order valence-electron chi connectivity index (χ0n) is 10.3. The molecule has 2 N–H and O–H groups in total. The molecule has 1 aromatic rings. The van der Waals surface area contributed by atoms with Gasteiger partial charge in [-0.05, 0) is 18.2 Å². The van der Waals surface area contributed by atoms with Crippen molar-refractivity contribution in [3.05, 3.63) is 23.8 Å². The molecule has 1 aromatic carbocycles. The van der Waals surface area contributed by atoms with Crippen LogP contribution in [0, 0.1) is 0 Å². The average Bonchev–Trinajstić information content (AvgIpc) is 2.89. The van der Waals surface area contributed by atoms with Gasteiger partial charge in [-0.25, -0.2) is 9.59 Å². The summed E-state index contributed by atoms with van der Waals surface area (Å²) in [4.78, 5) is 28.9. The van der Waals surface area contributed by atoms with E-state index in [1.165, 1.54) is 7.11 Å². The molecule has 0 unspecified atom stereocenters. The largest absolute Gasteiger partial charge is 0.453 e. The van der Waals surface area contributed by atoms with Gasteiger partial charge in [-0.15, -0.1) is 0 Å². The van der Waals surface area contributed by atoms with Gasteiger partial charge in [0.05, 0.1) is 19.3 Å². The molecule has 2 aliphatic rings. The van der Waals surface area contributed by atoms with Gasteiger partial charge in [0.25, 0.3) is 0 Å². The molecule has 0 bridgehead atoms. The summed E-state index contributed by atoms with van der Waals surface area (Å²) < 4.78 is 4.54. The van der Waals surface area contributed by atoms with E-state index in [0.29, 0.717) is 30.3 Å². The fourth-order valence-corrected chi connectivity index (χ4v) is 2.14. The van der Waals surface area contributed by atoms with Gasteiger partial charge in [0.15, 0.2) is 0 Å². The molecule has 3 rings (SSSR count). The number of fused-ring (bicyclic) bond motifs is 3. The first-order chi connectivity index (χ1) is 9.19. The van der Waals surface area contributed by atoms with E-state index in [0.717, 1.165) is 5.56 Å². The Morgan fingerprint density at radius 3 is 3.16 bits per heavy atom. The third-order valence-electron chi connectivity index (χ3n) is 3.02. The fourth-order valence-electron chi connectivity index (χ4n) is 2.14. The highest BCUT2D eigenvalue weighted by Crippen LogP contribution is 2.28. The van der Waals surface area contributed by atoms with Crippen molar-refractivity contribution in [2.24, 2.45) is 4.99 Å². The topological polar surface area (TPSA) is 83.0 Å². The second-order valence-corrected chi connectivity index (χ2v) is 4.16. The maximum absolute atomic E-state index is 11.8. The molecule has 0 radical (unpaired) electrons. The minimum absolute atomic E-state index is 0.169. The molecule has 3 amide bonds. The second kappa shape index (κ2) is 4.27. The number of nitrogens with zero attached hydrogens (tertiary/aromatic N) is 2. The van der Waals surface area contributed by atoms with E-state index >= 15 is 0 Å². The quantitative estimate of drug-likeness (QED) is 0.802. The molecule has 19 heavy (non-hydrogen) atoms. The molecule has 0 saturated carbocycles. The van der Waals surface area contributed by atoms with Crippen molar-refractivity contribution < 1.29 is 14.3 Å². The maximum Gasteiger partial charge on any atom is 0.411 e. The Morgan fingerprint density at radius 1 is 1.53 bits per heavy atom. The Morgan fingerprint density at radius 2 is 2.37 bits per heavy atom. The zero-order valence-corrected chi connectivity index (χ0v) is 10.3. The molecule has 0 spiro atoms. The first-order valence-corrected chi connectivity index (χ1v) is 5.81. The van der Waals surface area contributed by atoms with Crippen molar-refractivity contribution in [3.8, 4) is 0 Å². The highest BCUT2D eigenvalue weighted by atomic mass is 16.5. The van der Waals surface area contributed by atoms with Crippen LogP contribution >= 0.6 is 0 Å².